The van der Waals surface area contributed by atoms with Crippen LogP contribution in [0, 0.1) is 15.9 Å². The molecule has 140 valence electrons. The van der Waals surface area contributed by atoms with E-state index in [4.69, 9.17) is 14.2 Å². The molecule has 1 amide bonds. The lowest BCUT2D eigenvalue weighted by Crippen LogP contribution is -2.30. The highest BCUT2D eigenvalue weighted by atomic mass is 19.1. The van der Waals surface area contributed by atoms with E-state index in [2.05, 4.69) is 5.32 Å². The second-order valence-electron chi connectivity index (χ2n) is 5.53. The molecule has 1 N–H and O–H groups in total. The number of nitrogens with zero attached hydrogens (tertiary/aromatic N) is 1. The third-order valence-corrected chi connectivity index (χ3v) is 3.67. The predicted molar refractivity (Wildman–Crippen MR) is 89.1 cm³/mol. The number of carbonyl (C=O) groups excluding carboxylic acids is 2. The summed E-state index contributed by atoms with van der Waals surface area (Å²) in [5.41, 5.74) is -0.617. The van der Waals surface area contributed by atoms with Crippen molar-refractivity contribution in [3.63, 3.8) is 0 Å². The van der Waals surface area contributed by atoms with E-state index in [1.54, 1.807) is 6.07 Å². The SMILES string of the molecule is C[C@@H](OC(=O)c1ccc2c(c1)OCO2)C(=O)Nc1ccc(F)c([N+](=O)[O-])c1. The van der Waals surface area contributed by atoms with Crippen molar-refractivity contribution in [2.45, 2.75) is 13.0 Å². The number of nitro benzene ring substituents is 1. The first-order chi connectivity index (χ1) is 12.8. The second-order valence-corrected chi connectivity index (χ2v) is 5.53. The molecular formula is C17H13FN2O7. The summed E-state index contributed by atoms with van der Waals surface area (Å²) in [5.74, 6) is -1.64. The van der Waals surface area contributed by atoms with Crippen LogP contribution in [0.2, 0.25) is 0 Å². The monoisotopic (exact) mass is 376 g/mol. The lowest BCUT2D eigenvalue weighted by molar-refractivity contribution is -0.387. The normalized spacial score (nSPS) is 13.0. The van der Waals surface area contributed by atoms with Gasteiger partial charge in [0, 0.05) is 11.8 Å². The van der Waals surface area contributed by atoms with Crippen LogP contribution in [-0.2, 0) is 9.53 Å². The zero-order valence-corrected chi connectivity index (χ0v) is 13.9. The number of nitrogens with one attached hydrogen (secondary N) is 1. The van der Waals surface area contributed by atoms with E-state index in [1.807, 2.05) is 0 Å². The average molecular weight is 376 g/mol. The average Bonchev–Trinajstić information content (AvgIpc) is 3.10. The van der Waals surface area contributed by atoms with Crippen LogP contribution in [0.1, 0.15) is 17.3 Å². The van der Waals surface area contributed by atoms with Crippen LogP contribution in [0.15, 0.2) is 36.4 Å². The summed E-state index contributed by atoms with van der Waals surface area (Å²) in [7, 11) is 0. The molecule has 1 aliphatic heterocycles. The summed E-state index contributed by atoms with van der Waals surface area (Å²) < 4.78 is 28.7. The van der Waals surface area contributed by atoms with Crippen molar-refractivity contribution in [2.24, 2.45) is 0 Å². The largest absolute Gasteiger partial charge is 0.454 e. The highest BCUT2D eigenvalue weighted by Gasteiger charge is 2.23. The van der Waals surface area contributed by atoms with Gasteiger partial charge in [-0.05, 0) is 37.3 Å². The number of hydrogen-bond donors (Lipinski definition) is 1. The Morgan fingerprint density at radius 1 is 1.22 bits per heavy atom. The van der Waals surface area contributed by atoms with Gasteiger partial charge in [-0.1, -0.05) is 0 Å². The Balaban J connectivity index is 1.64. The van der Waals surface area contributed by atoms with E-state index in [-0.39, 0.29) is 18.0 Å². The molecule has 9 nitrogen and oxygen atoms in total. The first-order valence-corrected chi connectivity index (χ1v) is 7.70. The third kappa shape index (κ3) is 3.94. The number of amides is 1. The van der Waals surface area contributed by atoms with Gasteiger partial charge in [0.15, 0.2) is 17.6 Å². The van der Waals surface area contributed by atoms with Crippen molar-refractivity contribution in [2.75, 3.05) is 12.1 Å². The van der Waals surface area contributed by atoms with Crippen LogP contribution in [0.25, 0.3) is 0 Å². The van der Waals surface area contributed by atoms with Gasteiger partial charge >= 0.3 is 11.7 Å². The Kier molecular flexibility index (Phi) is 4.88. The lowest BCUT2D eigenvalue weighted by atomic mass is 10.2. The number of anilines is 1. The molecule has 1 atom stereocenters. The Morgan fingerprint density at radius 2 is 1.96 bits per heavy atom. The predicted octanol–water partition coefficient (Wildman–Crippen LogP) is 2.65. The lowest BCUT2D eigenvalue weighted by Gasteiger charge is -2.13. The summed E-state index contributed by atoms with van der Waals surface area (Å²) in [4.78, 5) is 34.1. The van der Waals surface area contributed by atoms with Crippen LogP contribution in [0.3, 0.4) is 0 Å². The number of ether oxygens (including phenoxy) is 3. The fourth-order valence-electron chi connectivity index (χ4n) is 2.28. The van der Waals surface area contributed by atoms with Crippen molar-refractivity contribution in [3.8, 4) is 11.5 Å². The Morgan fingerprint density at radius 3 is 2.70 bits per heavy atom. The zero-order valence-electron chi connectivity index (χ0n) is 13.9. The summed E-state index contributed by atoms with van der Waals surface area (Å²) in [6, 6.07) is 7.33. The molecule has 1 aliphatic rings. The van der Waals surface area contributed by atoms with Gasteiger partial charge in [-0.2, -0.15) is 4.39 Å². The first-order valence-electron chi connectivity index (χ1n) is 7.70. The molecule has 3 rings (SSSR count). The van der Waals surface area contributed by atoms with Gasteiger partial charge in [0.1, 0.15) is 0 Å². The number of esters is 1. The number of carbonyl (C=O) groups is 2. The molecule has 0 saturated heterocycles. The third-order valence-electron chi connectivity index (χ3n) is 3.67. The summed E-state index contributed by atoms with van der Waals surface area (Å²) in [5, 5.41) is 13.1. The van der Waals surface area contributed by atoms with E-state index < -0.39 is 34.4 Å². The minimum absolute atomic E-state index is 0.000853. The fraction of sp³-hybridized carbons (Fsp3) is 0.176. The number of rotatable bonds is 5. The van der Waals surface area contributed by atoms with Crippen molar-refractivity contribution in [3.05, 3.63) is 57.9 Å². The molecule has 0 aliphatic carbocycles. The smallest absolute Gasteiger partial charge is 0.339 e. The minimum atomic E-state index is -1.20. The van der Waals surface area contributed by atoms with Crippen LogP contribution in [0.5, 0.6) is 11.5 Å². The molecule has 27 heavy (non-hydrogen) atoms. The maximum absolute atomic E-state index is 13.3. The standard InChI is InChI=1S/C17H13FN2O7/c1-9(16(21)19-11-3-4-12(18)13(7-11)20(23)24)27-17(22)10-2-5-14-15(6-10)26-8-25-14/h2-7,9H,8H2,1H3,(H,19,21)/t9-/m1/s1. The quantitative estimate of drug-likeness (QED) is 0.484. The van der Waals surface area contributed by atoms with E-state index in [9.17, 15) is 24.1 Å². The zero-order chi connectivity index (χ0) is 19.6. The number of hydrogen-bond acceptors (Lipinski definition) is 7. The van der Waals surface area contributed by atoms with Gasteiger partial charge in [0.05, 0.1) is 10.5 Å². The molecule has 0 saturated carbocycles. The van der Waals surface area contributed by atoms with Crippen LogP contribution < -0.4 is 14.8 Å². The van der Waals surface area contributed by atoms with Crippen molar-refractivity contribution < 1.29 is 33.1 Å². The van der Waals surface area contributed by atoms with Gasteiger partial charge in [-0.25, -0.2) is 4.79 Å². The van der Waals surface area contributed by atoms with Gasteiger partial charge < -0.3 is 19.5 Å². The highest BCUT2D eigenvalue weighted by molar-refractivity contribution is 5.97. The summed E-state index contributed by atoms with van der Waals surface area (Å²) in [6.07, 6.45) is -1.20. The molecule has 2 aromatic rings. The van der Waals surface area contributed by atoms with Crippen LogP contribution >= 0.6 is 0 Å². The van der Waals surface area contributed by atoms with Gasteiger partial charge in [-0.3, -0.25) is 14.9 Å². The molecule has 0 fully saturated rings. The van der Waals surface area contributed by atoms with Crippen LogP contribution in [-0.4, -0.2) is 29.7 Å². The number of halogens is 1. The second kappa shape index (κ2) is 7.28. The first kappa shape index (κ1) is 18.1. The topological polar surface area (TPSA) is 117 Å². The molecule has 0 spiro atoms. The summed E-state index contributed by atoms with van der Waals surface area (Å²) >= 11 is 0. The number of benzene rings is 2. The minimum Gasteiger partial charge on any atom is -0.454 e. The van der Waals surface area contributed by atoms with Gasteiger partial charge in [0.25, 0.3) is 5.91 Å². The van der Waals surface area contributed by atoms with E-state index >= 15 is 0 Å². The van der Waals surface area contributed by atoms with E-state index in [0.29, 0.717) is 11.5 Å². The highest BCUT2D eigenvalue weighted by Crippen LogP contribution is 2.32. The fourth-order valence-corrected chi connectivity index (χ4v) is 2.28. The molecule has 10 heteroatoms. The molecule has 0 aromatic heterocycles. The molecule has 0 bridgehead atoms. The van der Waals surface area contributed by atoms with E-state index in [0.717, 1.165) is 18.2 Å². The Labute approximate surface area is 151 Å². The maximum Gasteiger partial charge on any atom is 0.339 e. The molecule has 2 aromatic carbocycles. The van der Waals surface area contributed by atoms with Crippen molar-refractivity contribution >= 4 is 23.3 Å². The van der Waals surface area contributed by atoms with Crippen molar-refractivity contribution in [1.82, 2.24) is 0 Å². The molecule has 0 radical (unpaired) electrons. The van der Waals surface area contributed by atoms with Gasteiger partial charge in [0.2, 0.25) is 12.6 Å². The van der Waals surface area contributed by atoms with Gasteiger partial charge in [-0.15, -0.1) is 0 Å². The van der Waals surface area contributed by atoms with Crippen LogP contribution in [0.4, 0.5) is 15.8 Å². The number of nitro groups is 1. The molecule has 0 unspecified atom stereocenters. The Hall–Kier alpha value is -3.69. The molecular weight excluding hydrogens is 363 g/mol. The Bertz CT molecular complexity index is 931. The van der Waals surface area contributed by atoms with Crippen molar-refractivity contribution in [1.29, 1.82) is 0 Å². The number of fused-ring (bicyclic) bond motifs is 1. The summed E-state index contributed by atoms with van der Waals surface area (Å²) in [6.45, 7) is 1.38. The van der Waals surface area contributed by atoms with E-state index in [1.165, 1.54) is 19.1 Å². The molecule has 1 heterocycles. The maximum atomic E-state index is 13.3.